The third kappa shape index (κ3) is 4.53. The summed E-state index contributed by atoms with van der Waals surface area (Å²) in [6.07, 6.45) is 0.313. The topological polar surface area (TPSA) is 72.6 Å². The van der Waals surface area contributed by atoms with Gasteiger partial charge in [-0.15, -0.1) is 0 Å². The number of anilines is 1. The van der Waals surface area contributed by atoms with Crippen molar-refractivity contribution in [2.75, 3.05) is 11.4 Å². The Balaban J connectivity index is 1.65. The van der Waals surface area contributed by atoms with Gasteiger partial charge in [-0.3, -0.25) is 9.59 Å². The van der Waals surface area contributed by atoms with Gasteiger partial charge in [0, 0.05) is 45.7 Å². The smallest absolute Gasteiger partial charge is 0.248 e. The Morgan fingerprint density at radius 2 is 1.74 bits per heavy atom. The summed E-state index contributed by atoms with van der Waals surface area (Å²) >= 11 is 12.4. The Bertz CT molecular complexity index is 1180. The first-order chi connectivity index (χ1) is 14.8. The van der Waals surface area contributed by atoms with Crippen LogP contribution >= 0.6 is 23.2 Å². The molecule has 1 atom stereocenters. The average molecular weight is 455 g/mol. The predicted octanol–water partition coefficient (Wildman–Crippen LogP) is 5.71. The van der Waals surface area contributed by atoms with Crippen molar-refractivity contribution in [2.45, 2.75) is 19.3 Å². The van der Waals surface area contributed by atoms with E-state index in [1.165, 1.54) is 0 Å². The molecular formula is C24H20Cl2N2O3. The molecule has 0 aliphatic carbocycles. The lowest BCUT2D eigenvalue weighted by molar-refractivity contribution is -0.117. The first-order valence-corrected chi connectivity index (χ1v) is 10.5. The van der Waals surface area contributed by atoms with Crippen LogP contribution in [0.5, 0.6) is 11.5 Å². The van der Waals surface area contributed by atoms with Gasteiger partial charge in [-0.1, -0.05) is 41.4 Å². The molecule has 7 heteroatoms. The molecule has 0 radical (unpaired) electrons. The summed E-state index contributed by atoms with van der Waals surface area (Å²) in [6.45, 7) is 2.38. The van der Waals surface area contributed by atoms with Crippen LogP contribution < -0.4 is 15.4 Å². The van der Waals surface area contributed by atoms with Gasteiger partial charge in [0.2, 0.25) is 11.8 Å². The number of benzene rings is 3. The molecule has 0 saturated carbocycles. The number of ether oxygens (including phenoxy) is 1. The van der Waals surface area contributed by atoms with Crippen LogP contribution in [-0.2, 0) is 4.79 Å². The number of carbonyl (C=O) groups is 2. The summed E-state index contributed by atoms with van der Waals surface area (Å²) in [5.41, 5.74) is 8.20. The molecule has 0 aromatic heterocycles. The molecule has 0 unspecified atom stereocenters. The van der Waals surface area contributed by atoms with Gasteiger partial charge >= 0.3 is 0 Å². The molecule has 1 aliphatic heterocycles. The van der Waals surface area contributed by atoms with E-state index < -0.39 is 5.91 Å². The zero-order chi connectivity index (χ0) is 22.1. The maximum Gasteiger partial charge on any atom is 0.248 e. The largest absolute Gasteiger partial charge is 0.457 e. The predicted molar refractivity (Wildman–Crippen MR) is 122 cm³/mol. The van der Waals surface area contributed by atoms with Crippen LogP contribution in [0.1, 0.15) is 33.8 Å². The quantitative estimate of drug-likeness (QED) is 0.536. The molecule has 2 N–H and O–H groups in total. The Morgan fingerprint density at radius 1 is 1.03 bits per heavy atom. The van der Waals surface area contributed by atoms with E-state index in [0.717, 1.165) is 11.1 Å². The highest BCUT2D eigenvalue weighted by Gasteiger charge is 2.33. The van der Waals surface area contributed by atoms with Crippen LogP contribution in [0.3, 0.4) is 0 Å². The van der Waals surface area contributed by atoms with Gasteiger partial charge in [-0.25, -0.2) is 0 Å². The Kier molecular flexibility index (Phi) is 5.90. The molecule has 2 amide bonds. The van der Waals surface area contributed by atoms with Gasteiger partial charge in [0.25, 0.3) is 0 Å². The van der Waals surface area contributed by atoms with Gasteiger partial charge in [-0.05, 0) is 55.0 Å². The number of hydrogen-bond acceptors (Lipinski definition) is 3. The first-order valence-electron chi connectivity index (χ1n) is 9.75. The lowest BCUT2D eigenvalue weighted by Gasteiger charge is -2.19. The molecule has 3 aromatic carbocycles. The van der Waals surface area contributed by atoms with Crippen LogP contribution in [0.15, 0.2) is 60.7 Å². The second-order valence-corrected chi connectivity index (χ2v) is 8.39. The molecule has 0 bridgehead atoms. The van der Waals surface area contributed by atoms with Gasteiger partial charge in [0.05, 0.1) is 0 Å². The maximum atomic E-state index is 12.8. The van der Waals surface area contributed by atoms with Crippen LogP contribution in [0.4, 0.5) is 5.69 Å². The molecule has 1 saturated heterocycles. The van der Waals surface area contributed by atoms with Gasteiger partial charge < -0.3 is 15.4 Å². The second-order valence-electron chi connectivity index (χ2n) is 7.51. The number of carbonyl (C=O) groups excluding carboxylic acids is 2. The van der Waals surface area contributed by atoms with E-state index in [2.05, 4.69) is 0 Å². The molecule has 0 spiro atoms. The fourth-order valence-electron chi connectivity index (χ4n) is 3.73. The number of amides is 2. The van der Waals surface area contributed by atoms with Crippen LogP contribution in [-0.4, -0.2) is 18.4 Å². The molecular weight excluding hydrogens is 435 g/mol. The molecule has 158 valence electrons. The maximum absolute atomic E-state index is 12.8. The molecule has 1 heterocycles. The standard InChI is InChI=1S/C24H20Cl2N2O3/c1-14-5-6-17(25)11-21(14)31-22-12-18(26)7-8-20(22)16-10-23(29)28(13-16)19-4-2-3-15(9-19)24(27)30/h2-9,11-12,16H,10,13H2,1H3,(H2,27,30)/t16-/m0/s1. The number of rotatable bonds is 5. The Labute approximate surface area is 190 Å². The van der Waals surface area contributed by atoms with Crippen molar-refractivity contribution < 1.29 is 14.3 Å². The summed E-state index contributed by atoms with van der Waals surface area (Å²) in [7, 11) is 0. The van der Waals surface area contributed by atoms with Crippen LogP contribution in [0, 0.1) is 6.92 Å². The summed E-state index contributed by atoms with van der Waals surface area (Å²) in [6, 6.07) is 17.6. The van der Waals surface area contributed by atoms with Crippen molar-refractivity contribution in [1.29, 1.82) is 0 Å². The zero-order valence-corrected chi connectivity index (χ0v) is 18.3. The minimum Gasteiger partial charge on any atom is -0.457 e. The number of nitrogens with zero attached hydrogens (tertiary/aromatic N) is 1. The SMILES string of the molecule is Cc1ccc(Cl)cc1Oc1cc(Cl)ccc1[C@H]1CC(=O)N(c2cccc(C(N)=O)c2)C1. The Morgan fingerprint density at radius 3 is 2.48 bits per heavy atom. The summed E-state index contributed by atoms with van der Waals surface area (Å²) in [5.74, 6) is 0.549. The molecule has 1 fully saturated rings. The fraction of sp³-hybridized carbons (Fsp3) is 0.167. The molecule has 3 aromatic rings. The number of primary amides is 1. The van der Waals surface area contributed by atoms with E-state index in [-0.39, 0.29) is 11.8 Å². The van der Waals surface area contributed by atoms with Gasteiger partial charge in [-0.2, -0.15) is 0 Å². The summed E-state index contributed by atoms with van der Waals surface area (Å²) < 4.78 is 6.18. The number of nitrogens with two attached hydrogens (primary N) is 1. The lowest BCUT2D eigenvalue weighted by atomic mass is 9.97. The second kappa shape index (κ2) is 8.61. The van der Waals surface area contributed by atoms with Crippen molar-refractivity contribution in [2.24, 2.45) is 5.73 Å². The number of aryl methyl sites for hydroxylation is 1. The minimum absolute atomic E-state index is 0.0357. The highest BCUT2D eigenvalue weighted by molar-refractivity contribution is 6.31. The van der Waals surface area contributed by atoms with Crippen molar-refractivity contribution in [3.05, 3.63) is 87.4 Å². The number of hydrogen-bond donors (Lipinski definition) is 1. The third-order valence-electron chi connectivity index (χ3n) is 5.35. The van der Waals surface area contributed by atoms with Crippen LogP contribution in [0.25, 0.3) is 0 Å². The first kappa shape index (κ1) is 21.2. The van der Waals surface area contributed by atoms with E-state index >= 15 is 0 Å². The van der Waals surface area contributed by atoms with Crippen molar-refractivity contribution in [3.63, 3.8) is 0 Å². The average Bonchev–Trinajstić information content (AvgIpc) is 3.12. The normalized spacial score (nSPS) is 15.9. The highest BCUT2D eigenvalue weighted by atomic mass is 35.5. The molecule has 31 heavy (non-hydrogen) atoms. The molecule has 5 nitrogen and oxygen atoms in total. The van der Waals surface area contributed by atoms with E-state index in [0.29, 0.717) is 45.8 Å². The van der Waals surface area contributed by atoms with E-state index in [1.54, 1.807) is 53.4 Å². The minimum atomic E-state index is -0.532. The van der Waals surface area contributed by atoms with E-state index in [9.17, 15) is 9.59 Å². The molecule has 4 rings (SSSR count). The van der Waals surface area contributed by atoms with E-state index in [1.807, 2.05) is 19.1 Å². The van der Waals surface area contributed by atoms with Crippen molar-refractivity contribution in [3.8, 4) is 11.5 Å². The molecule has 1 aliphatic rings. The van der Waals surface area contributed by atoms with Gasteiger partial charge in [0.1, 0.15) is 11.5 Å². The Hall–Kier alpha value is -3.02. The lowest BCUT2D eigenvalue weighted by Crippen LogP contribution is -2.24. The third-order valence-corrected chi connectivity index (χ3v) is 5.82. The zero-order valence-electron chi connectivity index (χ0n) is 16.8. The van der Waals surface area contributed by atoms with Crippen LogP contribution in [0.2, 0.25) is 10.0 Å². The number of halogens is 2. The van der Waals surface area contributed by atoms with E-state index in [4.69, 9.17) is 33.7 Å². The summed E-state index contributed by atoms with van der Waals surface area (Å²) in [5, 5.41) is 1.11. The summed E-state index contributed by atoms with van der Waals surface area (Å²) in [4.78, 5) is 26.0. The van der Waals surface area contributed by atoms with Gasteiger partial charge in [0.15, 0.2) is 0 Å². The highest BCUT2D eigenvalue weighted by Crippen LogP contribution is 2.40. The monoisotopic (exact) mass is 454 g/mol. The van der Waals surface area contributed by atoms with Crippen molar-refractivity contribution in [1.82, 2.24) is 0 Å². The van der Waals surface area contributed by atoms with Crippen molar-refractivity contribution >= 4 is 40.7 Å². The fourth-order valence-corrected chi connectivity index (χ4v) is 4.05.